The molecule has 2 heterocycles. The topological polar surface area (TPSA) is 89.5 Å². The summed E-state index contributed by atoms with van der Waals surface area (Å²) >= 11 is 0.946. The van der Waals surface area contributed by atoms with Crippen LogP contribution in [0, 0.1) is 0 Å². The number of carbonyl (C=O) groups is 1. The molecule has 2 aliphatic heterocycles. The molecule has 4 rings (SSSR count). The van der Waals surface area contributed by atoms with Crippen LogP contribution in [0.25, 0.3) is 0 Å². The number of amides is 1. The number of nitrogens with zero attached hydrogens (tertiary/aromatic N) is 1. The molecule has 0 aromatic heterocycles. The number of hydrogen-bond acceptors (Lipinski definition) is 8. The SMILES string of the molecule is CCOSOC1C[C@H](N2C=C(C)C(=O)NC2O)O[C@@H]1CO[Si](c1ccccc1)(c1ccccc1)C(C)(C)C. The van der Waals surface area contributed by atoms with Crippen LogP contribution in [0.5, 0.6) is 0 Å². The zero-order chi connectivity index (χ0) is 27.3. The van der Waals surface area contributed by atoms with E-state index in [9.17, 15) is 9.90 Å². The molecule has 0 bridgehead atoms. The van der Waals surface area contributed by atoms with Gasteiger partial charge in [-0.25, -0.2) is 0 Å². The molecule has 1 fully saturated rings. The van der Waals surface area contributed by atoms with E-state index < -0.39 is 27.0 Å². The van der Waals surface area contributed by atoms with Crippen LogP contribution in [0.4, 0.5) is 0 Å². The van der Waals surface area contributed by atoms with Crippen molar-refractivity contribution >= 4 is 36.9 Å². The van der Waals surface area contributed by atoms with Crippen LogP contribution in [-0.2, 0) is 22.3 Å². The number of benzene rings is 2. The monoisotopic (exact) mass is 558 g/mol. The second-order valence-electron chi connectivity index (χ2n) is 10.6. The minimum Gasteiger partial charge on any atom is -0.405 e. The van der Waals surface area contributed by atoms with Crippen LogP contribution < -0.4 is 15.7 Å². The average molecular weight is 559 g/mol. The van der Waals surface area contributed by atoms with Crippen molar-refractivity contribution in [2.24, 2.45) is 0 Å². The molecule has 0 aliphatic carbocycles. The van der Waals surface area contributed by atoms with Gasteiger partial charge >= 0.3 is 0 Å². The number of nitrogens with one attached hydrogen (secondary N) is 1. The summed E-state index contributed by atoms with van der Waals surface area (Å²) in [7, 11) is -2.79. The standard InChI is InChI=1S/C28H38N2O6SSi/c1-6-33-37-36-23-17-25(30-18-20(2)26(31)29-27(30)32)35-24(23)19-34-38(28(3,4)5,21-13-9-7-10-14-21)22-15-11-8-12-16-22/h7-16,18,23-25,27,32H,6,17,19H2,1-5H3,(H,29,31)/t23?,24-,25-,27?/m1/s1. The molecule has 206 valence electrons. The predicted octanol–water partition coefficient (Wildman–Crippen LogP) is 3.27. The molecular weight excluding hydrogens is 520 g/mol. The molecule has 1 amide bonds. The molecule has 2 N–H and O–H groups in total. The molecule has 0 spiro atoms. The highest BCUT2D eigenvalue weighted by Gasteiger charge is 2.52. The van der Waals surface area contributed by atoms with E-state index in [1.165, 1.54) is 10.4 Å². The molecule has 1 saturated heterocycles. The van der Waals surface area contributed by atoms with Gasteiger partial charge in [0.15, 0.2) is 12.3 Å². The molecule has 2 aromatic carbocycles. The summed E-state index contributed by atoms with van der Waals surface area (Å²) < 4.78 is 25.0. The quantitative estimate of drug-likeness (QED) is 0.261. The third-order valence-corrected chi connectivity index (χ3v) is 12.6. The Bertz CT molecular complexity index is 1060. The number of aliphatic hydroxyl groups excluding tert-OH is 1. The van der Waals surface area contributed by atoms with Gasteiger partial charge in [0, 0.05) is 18.2 Å². The van der Waals surface area contributed by atoms with Gasteiger partial charge in [0.2, 0.25) is 6.35 Å². The maximum Gasteiger partial charge on any atom is 0.261 e. The van der Waals surface area contributed by atoms with Gasteiger partial charge in [-0.2, -0.15) is 0 Å². The summed E-state index contributed by atoms with van der Waals surface area (Å²) in [6, 6.07) is 20.9. The molecule has 2 unspecified atom stereocenters. The molecule has 2 aliphatic rings. The minimum absolute atomic E-state index is 0.183. The van der Waals surface area contributed by atoms with Crippen LogP contribution in [0.3, 0.4) is 0 Å². The molecule has 38 heavy (non-hydrogen) atoms. The first-order valence-corrected chi connectivity index (χ1v) is 15.5. The molecule has 0 radical (unpaired) electrons. The first kappa shape index (κ1) is 28.8. The number of aliphatic hydroxyl groups is 1. The average Bonchev–Trinajstić information content (AvgIpc) is 3.30. The van der Waals surface area contributed by atoms with Gasteiger partial charge in [-0.15, -0.1) is 0 Å². The molecule has 10 heteroatoms. The van der Waals surface area contributed by atoms with Gasteiger partial charge in [-0.1, -0.05) is 81.4 Å². The highest BCUT2D eigenvalue weighted by atomic mass is 32.2. The summed E-state index contributed by atoms with van der Waals surface area (Å²) in [6.45, 7) is 11.1. The fraction of sp³-hybridized carbons (Fsp3) is 0.464. The van der Waals surface area contributed by atoms with E-state index in [4.69, 9.17) is 17.5 Å². The van der Waals surface area contributed by atoms with E-state index in [1.807, 2.05) is 19.1 Å². The van der Waals surface area contributed by atoms with Gasteiger partial charge in [-0.05, 0) is 29.3 Å². The van der Waals surface area contributed by atoms with E-state index in [2.05, 4.69) is 74.6 Å². The van der Waals surface area contributed by atoms with E-state index >= 15 is 0 Å². The van der Waals surface area contributed by atoms with Crippen molar-refractivity contribution in [3.8, 4) is 0 Å². The van der Waals surface area contributed by atoms with E-state index in [-0.39, 0.29) is 17.0 Å². The van der Waals surface area contributed by atoms with Gasteiger partial charge in [0.1, 0.15) is 18.4 Å². The van der Waals surface area contributed by atoms with Crippen molar-refractivity contribution in [3.63, 3.8) is 0 Å². The Morgan fingerprint density at radius 2 is 1.71 bits per heavy atom. The first-order chi connectivity index (χ1) is 18.2. The van der Waals surface area contributed by atoms with E-state index in [1.54, 1.807) is 18.0 Å². The Hall–Kier alpha value is -2.18. The van der Waals surface area contributed by atoms with Crippen molar-refractivity contribution in [1.82, 2.24) is 10.2 Å². The highest BCUT2D eigenvalue weighted by Crippen LogP contribution is 2.38. The number of ether oxygens (including phenoxy) is 1. The fourth-order valence-corrected chi connectivity index (χ4v) is 10.2. The smallest absolute Gasteiger partial charge is 0.261 e. The number of hydrogen-bond donors (Lipinski definition) is 2. The van der Waals surface area contributed by atoms with E-state index in [0.717, 1.165) is 12.3 Å². The van der Waals surface area contributed by atoms with Gasteiger partial charge in [0.05, 0.1) is 13.2 Å². The summed E-state index contributed by atoms with van der Waals surface area (Å²) in [5, 5.41) is 15.3. The van der Waals surface area contributed by atoms with Crippen LogP contribution in [0.2, 0.25) is 5.04 Å². The maximum atomic E-state index is 12.0. The normalized spacial score (nSPS) is 24.3. The molecule has 0 saturated carbocycles. The lowest BCUT2D eigenvalue weighted by Crippen LogP contribution is -2.67. The largest absolute Gasteiger partial charge is 0.405 e. The van der Waals surface area contributed by atoms with Crippen molar-refractivity contribution < 1.29 is 27.4 Å². The lowest BCUT2D eigenvalue weighted by Gasteiger charge is -2.43. The summed E-state index contributed by atoms with van der Waals surface area (Å²) in [6.07, 6.45) is -0.382. The van der Waals surface area contributed by atoms with Crippen LogP contribution >= 0.6 is 12.3 Å². The zero-order valence-corrected chi connectivity index (χ0v) is 24.4. The first-order valence-electron chi connectivity index (χ1n) is 13.0. The Kier molecular flexibility index (Phi) is 9.35. The predicted molar refractivity (Wildman–Crippen MR) is 151 cm³/mol. The van der Waals surface area contributed by atoms with Crippen LogP contribution in [0.15, 0.2) is 72.4 Å². The van der Waals surface area contributed by atoms with Crippen molar-refractivity contribution in [2.75, 3.05) is 13.2 Å². The minimum atomic E-state index is -2.79. The van der Waals surface area contributed by atoms with Gasteiger partial charge in [-0.3, -0.25) is 13.2 Å². The number of rotatable bonds is 10. The molecular formula is C28H38N2O6SSi. The van der Waals surface area contributed by atoms with E-state index in [0.29, 0.717) is 25.2 Å². The second-order valence-corrected chi connectivity index (χ2v) is 15.4. The van der Waals surface area contributed by atoms with Crippen molar-refractivity contribution in [2.45, 2.75) is 70.9 Å². The third-order valence-electron chi connectivity index (χ3n) is 6.97. The summed E-state index contributed by atoms with van der Waals surface area (Å²) in [5.74, 6) is -0.307. The van der Waals surface area contributed by atoms with Crippen molar-refractivity contribution in [3.05, 3.63) is 72.4 Å². The van der Waals surface area contributed by atoms with Gasteiger partial charge < -0.3 is 24.5 Å². The van der Waals surface area contributed by atoms with Crippen LogP contribution in [-0.4, -0.2) is 62.2 Å². The van der Waals surface area contributed by atoms with Crippen LogP contribution in [0.1, 0.15) is 41.0 Å². The highest BCUT2D eigenvalue weighted by molar-refractivity contribution is 7.89. The van der Waals surface area contributed by atoms with Crippen molar-refractivity contribution in [1.29, 1.82) is 0 Å². The summed E-state index contributed by atoms with van der Waals surface area (Å²) in [4.78, 5) is 13.6. The fourth-order valence-electron chi connectivity index (χ4n) is 5.13. The lowest BCUT2D eigenvalue weighted by atomic mass is 10.2. The lowest BCUT2D eigenvalue weighted by molar-refractivity contribution is -0.142. The Balaban J connectivity index is 1.64. The molecule has 2 aromatic rings. The number of carbonyl (C=O) groups excluding carboxylic acids is 1. The van der Waals surface area contributed by atoms with Gasteiger partial charge in [0.25, 0.3) is 14.2 Å². The zero-order valence-electron chi connectivity index (χ0n) is 22.6. The second kappa shape index (κ2) is 12.3. The third kappa shape index (κ3) is 6.01. The Morgan fingerprint density at radius 3 is 2.26 bits per heavy atom. The molecule has 4 atom stereocenters. The Labute approximate surface area is 230 Å². The maximum absolute atomic E-state index is 12.0. The molecule has 8 nitrogen and oxygen atoms in total. The Morgan fingerprint density at radius 1 is 1.11 bits per heavy atom. The summed E-state index contributed by atoms with van der Waals surface area (Å²) in [5.41, 5.74) is 0.493.